The number of nitrogens with two attached hydrogens (primary N) is 1. The summed E-state index contributed by atoms with van der Waals surface area (Å²) in [5.74, 6) is -2.10. The Morgan fingerprint density at radius 3 is 2.50 bits per heavy atom. The molecule has 0 radical (unpaired) electrons. The molecule has 2 aromatic rings. The number of rotatable bonds is 2. The van der Waals surface area contributed by atoms with Crippen molar-refractivity contribution in [2.45, 2.75) is 0 Å². The van der Waals surface area contributed by atoms with Crippen LogP contribution in [0.25, 0.3) is 11.1 Å². The van der Waals surface area contributed by atoms with Crippen molar-refractivity contribution in [2.75, 3.05) is 12.8 Å². The summed E-state index contributed by atoms with van der Waals surface area (Å²) in [5.41, 5.74) is 6.11. The van der Waals surface area contributed by atoms with Gasteiger partial charge in [-0.25, -0.2) is 8.78 Å². The van der Waals surface area contributed by atoms with Crippen LogP contribution in [0.3, 0.4) is 0 Å². The summed E-state index contributed by atoms with van der Waals surface area (Å²) in [5, 5.41) is 3.64. The van der Waals surface area contributed by atoms with Crippen molar-refractivity contribution in [1.29, 1.82) is 0 Å². The van der Waals surface area contributed by atoms with Crippen LogP contribution in [0.4, 0.5) is 14.6 Å². The number of hydrogen-bond donors (Lipinski definition) is 1. The molecule has 2 N–H and O–H groups in total. The molecule has 2 rings (SSSR count). The summed E-state index contributed by atoms with van der Waals surface area (Å²) in [4.78, 5) is 0. The lowest BCUT2D eigenvalue weighted by Crippen LogP contribution is -2.00. The molecule has 0 aliphatic heterocycles. The quantitative estimate of drug-likeness (QED) is 0.856. The van der Waals surface area contributed by atoms with E-state index in [-0.39, 0.29) is 16.4 Å². The molecule has 7 heteroatoms. The number of nitrogens with zero attached hydrogens (tertiary/aromatic N) is 2. The largest absolute Gasteiger partial charge is 0.491 e. The van der Waals surface area contributed by atoms with Gasteiger partial charge in [-0.1, -0.05) is 11.6 Å². The minimum Gasteiger partial charge on any atom is -0.491 e. The Balaban J connectivity index is 2.73. The summed E-state index contributed by atoms with van der Waals surface area (Å²) in [7, 11) is 2.77. The zero-order valence-corrected chi connectivity index (χ0v) is 10.4. The van der Waals surface area contributed by atoms with Crippen molar-refractivity contribution >= 4 is 17.4 Å². The molecule has 96 valence electrons. The molecule has 4 nitrogen and oxygen atoms in total. The van der Waals surface area contributed by atoms with Crippen LogP contribution in [0.5, 0.6) is 5.75 Å². The van der Waals surface area contributed by atoms with E-state index >= 15 is 0 Å². The van der Waals surface area contributed by atoms with Gasteiger partial charge in [0.2, 0.25) is 0 Å². The highest BCUT2D eigenvalue weighted by atomic mass is 35.5. The van der Waals surface area contributed by atoms with E-state index in [1.165, 1.54) is 10.9 Å². The molecule has 0 saturated heterocycles. The fraction of sp³-hybridized carbons (Fsp3) is 0.182. The maximum atomic E-state index is 14.1. The standard InChI is InChI=1S/C11H10ClF2N3O/c1-17-11(15)6(4-16-17)5-3-7(12)9(14)10(18-2)8(5)13/h3-4H,15H2,1-2H3. The third kappa shape index (κ3) is 1.78. The third-order valence-electron chi connectivity index (χ3n) is 2.59. The van der Waals surface area contributed by atoms with Crippen LogP contribution in [-0.4, -0.2) is 16.9 Å². The Morgan fingerprint density at radius 2 is 2.00 bits per heavy atom. The van der Waals surface area contributed by atoms with Crippen LogP contribution in [0.15, 0.2) is 12.3 Å². The van der Waals surface area contributed by atoms with Gasteiger partial charge in [-0.2, -0.15) is 5.10 Å². The maximum absolute atomic E-state index is 14.1. The molecular weight excluding hydrogens is 264 g/mol. The van der Waals surface area contributed by atoms with E-state index in [0.717, 1.165) is 13.2 Å². The van der Waals surface area contributed by atoms with Gasteiger partial charge in [-0.05, 0) is 6.07 Å². The van der Waals surface area contributed by atoms with Gasteiger partial charge in [0.1, 0.15) is 5.82 Å². The molecule has 1 aromatic carbocycles. The van der Waals surface area contributed by atoms with E-state index in [2.05, 4.69) is 9.84 Å². The number of ether oxygens (including phenoxy) is 1. The molecule has 0 amide bonds. The molecule has 0 unspecified atom stereocenters. The van der Waals surface area contributed by atoms with E-state index in [1.807, 2.05) is 0 Å². The van der Waals surface area contributed by atoms with Gasteiger partial charge in [0.05, 0.1) is 18.3 Å². The zero-order chi connectivity index (χ0) is 13.4. The maximum Gasteiger partial charge on any atom is 0.192 e. The Kier molecular flexibility index (Phi) is 3.13. The summed E-state index contributed by atoms with van der Waals surface area (Å²) in [6, 6.07) is 1.15. The smallest absolute Gasteiger partial charge is 0.192 e. The van der Waals surface area contributed by atoms with Crippen molar-refractivity contribution < 1.29 is 13.5 Å². The van der Waals surface area contributed by atoms with E-state index < -0.39 is 17.4 Å². The first kappa shape index (κ1) is 12.6. The van der Waals surface area contributed by atoms with E-state index in [9.17, 15) is 8.78 Å². The van der Waals surface area contributed by atoms with Gasteiger partial charge in [-0.3, -0.25) is 4.68 Å². The number of anilines is 1. The van der Waals surface area contributed by atoms with Crippen molar-refractivity contribution in [3.8, 4) is 16.9 Å². The molecule has 0 saturated carbocycles. The number of aromatic nitrogens is 2. The highest BCUT2D eigenvalue weighted by molar-refractivity contribution is 6.31. The Labute approximate surface area is 107 Å². The number of methoxy groups -OCH3 is 1. The molecule has 0 fully saturated rings. The van der Waals surface area contributed by atoms with Crippen LogP contribution in [-0.2, 0) is 7.05 Å². The molecule has 18 heavy (non-hydrogen) atoms. The lowest BCUT2D eigenvalue weighted by atomic mass is 10.1. The minimum absolute atomic E-state index is 0.0452. The van der Waals surface area contributed by atoms with Crippen LogP contribution < -0.4 is 10.5 Å². The fourth-order valence-corrected chi connectivity index (χ4v) is 1.81. The first-order valence-electron chi connectivity index (χ1n) is 4.96. The van der Waals surface area contributed by atoms with Crippen molar-refractivity contribution in [2.24, 2.45) is 7.05 Å². The molecule has 0 spiro atoms. The van der Waals surface area contributed by atoms with Crippen molar-refractivity contribution in [1.82, 2.24) is 9.78 Å². The molecule has 1 heterocycles. The van der Waals surface area contributed by atoms with Gasteiger partial charge in [0.25, 0.3) is 0 Å². The molecule has 0 bridgehead atoms. The summed E-state index contributed by atoms with van der Waals surface area (Å²) >= 11 is 5.69. The highest BCUT2D eigenvalue weighted by Gasteiger charge is 2.21. The average molecular weight is 274 g/mol. The lowest BCUT2D eigenvalue weighted by Gasteiger charge is -2.09. The van der Waals surface area contributed by atoms with Gasteiger partial charge in [-0.15, -0.1) is 0 Å². The summed E-state index contributed by atoms with van der Waals surface area (Å²) in [6.45, 7) is 0. The summed E-state index contributed by atoms with van der Waals surface area (Å²) in [6.07, 6.45) is 1.38. The second kappa shape index (κ2) is 4.45. The minimum atomic E-state index is -0.942. The van der Waals surface area contributed by atoms with E-state index in [0.29, 0.717) is 5.56 Å². The first-order chi connectivity index (χ1) is 8.47. The second-order valence-corrected chi connectivity index (χ2v) is 4.04. The second-order valence-electron chi connectivity index (χ2n) is 3.63. The lowest BCUT2D eigenvalue weighted by molar-refractivity contribution is 0.361. The molecule has 1 aromatic heterocycles. The topological polar surface area (TPSA) is 53.1 Å². The van der Waals surface area contributed by atoms with Gasteiger partial charge >= 0.3 is 0 Å². The fourth-order valence-electron chi connectivity index (χ4n) is 1.61. The first-order valence-corrected chi connectivity index (χ1v) is 5.34. The van der Waals surface area contributed by atoms with Crippen molar-refractivity contribution in [3.05, 3.63) is 28.9 Å². The normalized spacial score (nSPS) is 10.7. The van der Waals surface area contributed by atoms with Gasteiger partial charge in [0, 0.05) is 18.2 Å². The monoisotopic (exact) mass is 273 g/mol. The van der Waals surface area contributed by atoms with Gasteiger partial charge < -0.3 is 10.5 Å². The van der Waals surface area contributed by atoms with E-state index in [1.54, 1.807) is 7.05 Å². The Morgan fingerprint density at radius 1 is 1.33 bits per heavy atom. The Hall–Kier alpha value is -1.82. The molecular formula is C11H10ClF2N3O. The molecule has 0 atom stereocenters. The molecule has 0 aliphatic rings. The number of benzene rings is 1. The molecule has 0 aliphatic carbocycles. The van der Waals surface area contributed by atoms with Crippen LogP contribution in [0, 0.1) is 11.6 Å². The van der Waals surface area contributed by atoms with Crippen LogP contribution >= 0.6 is 11.6 Å². The van der Waals surface area contributed by atoms with E-state index in [4.69, 9.17) is 17.3 Å². The predicted octanol–water partition coefficient (Wildman–Crippen LogP) is 2.61. The number of halogens is 3. The van der Waals surface area contributed by atoms with Crippen LogP contribution in [0.1, 0.15) is 0 Å². The SMILES string of the molecule is COc1c(F)c(Cl)cc(-c2cnn(C)c2N)c1F. The number of nitrogen functional groups attached to an aromatic ring is 1. The number of aryl methyl sites for hydroxylation is 1. The number of hydrogen-bond acceptors (Lipinski definition) is 3. The summed E-state index contributed by atoms with van der Waals surface area (Å²) < 4.78 is 33.6. The van der Waals surface area contributed by atoms with Crippen LogP contribution in [0.2, 0.25) is 5.02 Å². The Bertz CT molecular complexity index is 613. The zero-order valence-electron chi connectivity index (χ0n) is 9.67. The highest BCUT2D eigenvalue weighted by Crippen LogP contribution is 2.37. The third-order valence-corrected chi connectivity index (χ3v) is 2.87. The average Bonchev–Trinajstić information content (AvgIpc) is 2.66. The predicted molar refractivity (Wildman–Crippen MR) is 64.5 cm³/mol. The van der Waals surface area contributed by atoms with Gasteiger partial charge in [0.15, 0.2) is 17.4 Å². The van der Waals surface area contributed by atoms with Crippen molar-refractivity contribution in [3.63, 3.8) is 0 Å².